The van der Waals surface area contributed by atoms with Crippen molar-refractivity contribution in [2.75, 3.05) is 30.9 Å². The maximum Gasteiger partial charge on any atom is 0.271 e. The van der Waals surface area contributed by atoms with Crippen molar-refractivity contribution in [2.45, 2.75) is 19.0 Å². The lowest BCUT2D eigenvalue weighted by Gasteiger charge is -2.37. The van der Waals surface area contributed by atoms with Crippen LogP contribution in [0.15, 0.2) is 48.1 Å². The van der Waals surface area contributed by atoms with E-state index in [1.54, 1.807) is 13.1 Å². The Morgan fingerprint density at radius 3 is 2.77 bits per heavy atom. The summed E-state index contributed by atoms with van der Waals surface area (Å²) in [5.41, 5.74) is 1.08. The summed E-state index contributed by atoms with van der Waals surface area (Å²) < 4.78 is 28.0. The number of anilines is 1. The highest BCUT2D eigenvalue weighted by Gasteiger charge is 2.27. The summed E-state index contributed by atoms with van der Waals surface area (Å²) in [5, 5.41) is 4.37. The van der Waals surface area contributed by atoms with Gasteiger partial charge >= 0.3 is 0 Å². The number of nitrogens with one attached hydrogen (secondary N) is 1. The standard InChI is InChI=1S/C20H23ClN4O4S/c1-14(7-10-30(2,27)28)24-20(26)17-11-23-19(12-22-17)25-8-9-29-13-18(25)15-5-3-4-6-16(15)21/h3-7,10-12,14,18H,8-9,13H2,1-2H3,(H,24,26)/b10-7+/t14-,18+/m1/s1. The molecule has 0 saturated carbocycles. The van der Waals surface area contributed by atoms with Crippen molar-refractivity contribution in [3.8, 4) is 0 Å². The number of benzene rings is 1. The van der Waals surface area contributed by atoms with Crippen molar-refractivity contribution in [3.05, 3.63) is 64.4 Å². The van der Waals surface area contributed by atoms with Gasteiger partial charge in [0.25, 0.3) is 5.91 Å². The number of morpholine rings is 1. The summed E-state index contributed by atoms with van der Waals surface area (Å²) in [6.45, 7) is 3.31. The second-order valence-corrected chi connectivity index (χ2v) is 9.32. The smallest absolute Gasteiger partial charge is 0.271 e. The second-order valence-electron chi connectivity index (χ2n) is 6.99. The van der Waals surface area contributed by atoms with E-state index in [0.29, 0.717) is 30.6 Å². The van der Waals surface area contributed by atoms with Crippen molar-refractivity contribution >= 4 is 33.2 Å². The van der Waals surface area contributed by atoms with Gasteiger partial charge in [0.05, 0.1) is 31.6 Å². The first-order valence-corrected chi connectivity index (χ1v) is 11.7. The number of amides is 1. The van der Waals surface area contributed by atoms with Crippen LogP contribution in [0.25, 0.3) is 0 Å². The Hall–Kier alpha value is -2.49. The molecule has 8 nitrogen and oxygen atoms in total. The Balaban J connectivity index is 1.73. The monoisotopic (exact) mass is 450 g/mol. The summed E-state index contributed by atoms with van der Waals surface area (Å²) in [6.07, 6.45) is 5.43. The first-order chi connectivity index (χ1) is 14.2. The van der Waals surface area contributed by atoms with Gasteiger partial charge in [0.15, 0.2) is 9.84 Å². The van der Waals surface area contributed by atoms with Gasteiger partial charge in [-0.3, -0.25) is 4.79 Å². The fourth-order valence-corrected chi connectivity index (χ4v) is 3.84. The molecule has 160 valence electrons. The topological polar surface area (TPSA) is 101 Å². The summed E-state index contributed by atoms with van der Waals surface area (Å²) in [5.74, 6) is 0.175. The van der Waals surface area contributed by atoms with Crippen LogP contribution in [0.5, 0.6) is 0 Å². The fourth-order valence-electron chi connectivity index (χ4n) is 3.06. The van der Waals surface area contributed by atoms with Crippen LogP contribution in [-0.4, -0.2) is 56.3 Å². The molecule has 1 N–H and O–H groups in total. The molecule has 1 fully saturated rings. The summed E-state index contributed by atoms with van der Waals surface area (Å²) >= 11 is 6.37. The Labute approximate surface area is 180 Å². The van der Waals surface area contributed by atoms with Crippen LogP contribution in [0.1, 0.15) is 29.0 Å². The Bertz CT molecular complexity index is 1030. The van der Waals surface area contributed by atoms with Crippen LogP contribution in [0.2, 0.25) is 5.02 Å². The van der Waals surface area contributed by atoms with Gasteiger partial charge in [0.1, 0.15) is 11.5 Å². The van der Waals surface area contributed by atoms with Gasteiger partial charge < -0.3 is 15.0 Å². The highest BCUT2D eigenvalue weighted by atomic mass is 35.5. The van der Waals surface area contributed by atoms with E-state index in [4.69, 9.17) is 16.3 Å². The normalized spacial score (nSPS) is 18.4. The molecule has 0 aliphatic carbocycles. The van der Waals surface area contributed by atoms with Crippen molar-refractivity contribution in [1.82, 2.24) is 15.3 Å². The number of nitrogens with zero attached hydrogens (tertiary/aromatic N) is 3. The first-order valence-electron chi connectivity index (χ1n) is 9.34. The molecule has 0 bridgehead atoms. The largest absolute Gasteiger partial charge is 0.377 e. The van der Waals surface area contributed by atoms with E-state index in [-0.39, 0.29) is 11.7 Å². The van der Waals surface area contributed by atoms with Crippen molar-refractivity contribution in [2.24, 2.45) is 0 Å². The minimum absolute atomic E-state index is 0.109. The molecule has 2 heterocycles. The summed E-state index contributed by atoms with van der Waals surface area (Å²) in [6, 6.07) is 7.00. The molecule has 30 heavy (non-hydrogen) atoms. The van der Waals surface area contributed by atoms with Crippen molar-refractivity contribution in [1.29, 1.82) is 0 Å². The molecule has 2 atom stereocenters. The zero-order chi connectivity index (χ0) is 21.7. The van der Waals surface area contributed by atoms with Crippen LogP contribution in [-0.2, 0) is 14.6 Å². The zero-order valence-electron chi connectivity index (χ0n) is 16.7. The van der Waals surface area contributed by atoms with E-state index in [1.165, 1.54) is 12.3 Å². The quantitative estimate of drug-likeness (QED) is 0.720. The molecular weight excluding hydrogens is 428 g/mol. The van der Waals surface area contributed by atoms with E-state index in [2.05, 4.69) is 20.2 Å². The molecule has 0 spiro atoms. The Morgan fingerprint density at radius 2 is 2.10 bits per heavy atom. The number of carbonyl (C=O) groups excluding carboxylic acids is 1. The Kier molecular flexibility index (Phi) is 7.06. The SMILES string of the molecule is C[C@H](/C=C/S(C)(=O)=O)NC(=O)c1cnc(N2CCOC[C@H]2c2ccccc2Cl)cn1. The van der Waals surface area contributed by atoms with E-state index < -0.39 is 21.8 Å². The number of rotatable bonds is 6. The third-order valence-electron chi connectivity index (χ3n) is 4.53. The first kappa shape index (κ1) is 22.2. The van der Waals surface area contributed by atoms with Crippen molar-refractivity contribution < 1.29 is 17.9 Å². The van der Waals surface area contributed by atoms with E-state index in [0.717, 1.165) is 17.2 Å². The highest BCUT2D eigenvalue weighted by Crippen LogP contribution is 2.32. The molecule has 1 amide bonds. The van der Waals surface area contributed by atoms with Gasteiger partial charge in [-0.1, -0.05) is 35.9 Å². The number of hydrogen-bond acceptors (Lipinski definition) is 7. The van der Waals surface area contributed by atoms with E-state index in [1.807, 2.05) is 24.3 Å². The predicted octanol–water partition coefficient (Wildman–Crippen LogP) is 2.38. The van der Waals surface area contributed by atoms with Gasteiger partial charge in [-0.25, -0.2) is 18.4 Å². The number of carbonyl (C=O) groups is 1. The maximum absolute atomic E-state index is 12.3. The minimum Gasteiger partial charge on any atom is -0.377 e. The molecule has 1 saturated heterocycles. The molecule has 2 aromatic rings. The second kappa shape index (κ2) is 9.55. The molecule has 10 heteroatoms. The van der Waals surface area contributed by atoms with Crippen LogP contribution in [0.4, 0.5) is 5.82 Å². The average Bonchev–Trinajstić information content (AvgIpc) is 2.72. The number of halogens is 1. The van der Waals surface area contributed by atoms with Crippen LogP contribution in [0, 0.1) is 0 Å². The van der Waals surface area contributed by atoms with Gasteiger partial charge in [0, 0.05) is 29.3 Å². The summed E-state index contributed by atoms with van der Waals surface area (Å²) in [4.78, 5) is 23.0. The lowest BCUT2D eigenvalue weighted by atomic mass is 10.0. The lowest BCUT2D eigenvalue weighted by molar-refractivity contribution is 0.0930. The third-order valence-corrected chi connectivity index (χ3v) is 5.53. The van der Waals surface area contributed by atoms with Crippen LogP contribution in [0.3, 0.4) is 0 Å². The number of aromatic nitrogens is 2. The zero-order valence-corrected chi connectivity index (χ0v) is 18.2. The minimum atomic E-state index is -3.25. The molecule has 0 radical (unpaired) electrons. The average molecular weight is 451 g/mol. The fraction of sp³-hybridized carbons (Fsp3) is 0.350. The Morgan fingerprint density at radius 1 is 1.33 bits per heavy atom. The molecule has 1 aliphatic rings. The molecule has 1 aromatic heterocycles. The molecular formula is C20H23ClN4O4S. The molecule has 1 aliphatic heterocycles. The number of sulfone groups is 1. The molecule has 3 rings (SSSR count). The van der Waals surface area contributed by atoms with Gasteiger partial charge in [-0.2, -0.15) is 0 Å². The highest BCUT2D eigenvalue weighted by molar-refractivity contribution is 7.93. The van der Waals surface area contributed by atoms with Gasteiger partial charge in [-0.15, -0.1) is 0 Å². The molecule has 0 unspecified atom stereocenters. The summed E-state index contributed by atoms with van der Waals surface area (Å²) in [7, 11) is -3.25. The van der Waals surface area contributed by atoms with Crippen LogP contribution >= 0.6 is 11.6 Å². The van der Waals surface area contributed by atoms with E-state index >= 15 is 0 Å². The van der Waals surface area contributed by atoms with Crippen molar-refractivity contribution in [3.63, 3.8) is 0 Å². The van der Waals surface area contributed by atoms with Gasteiger partial charge in [-0.05, 0) is 18.6 Å². The van der Waals surface area contributed by atoms with Crippen LogP contribution < -0.4 is 10.2 Å². The van der Waals surface area contributed by atoms with Gasteiger partial charge in [0.2, 0.25) is 0 Å². The van der Waals surface area contributed by atoms with E-state index in [9.17, 15) is 13.2 Å². The number of hydrogen-bond donors (Lipinski definition) is 1. The number of ether oxygens (including phenoxy) is 1. The molecule has 1 aromatic carbocycles. The predicted molar refractivity (Wildman–Crippen MR) is 115 cm³/mol. The maximum atomic E-state index is 12.3. The third kappa shape index (κ3) is 5.78. The lowest BCUT2D eigenvalue weighted by Crippen LogP contribution is -2.40.